The number of nitrogens with zero attached hydrogens (tertiary/aromatic N) is 1. The van der Waals surface area contributed by atoms with Crippen molar-refractivity contribution in [3.05, 3.63) is 65.5 Å². The van der Waals surface area contributed by atoms with Crippen LogP contribution in [0.15, 0.2) is 48.5 Å². The van der Waals surface area contributed by atoms with Crippen molar-refractivity contribution in [1.29, 1.82) is 0 Å². The van der Waals surface area contributed by atoms with Crippen molar-refractivity contribution in [3.63, 3.8) is 0 Å². The average Bonchev–Trinajstić information content (AvgIpc) is 2.45. The third-order valence-corrected chi connectivity index (χ3v) is 2.95. The molecule has 3 nitrogen and oxygen atoms in total. The van der Waals surface area contributed by atoms with Crippen molar-refractivity contribution in [2.24, 2.45) is 5.73 Å². The highest BCUT2D eigenvalue weighted by molar-refractivity contribution is 6.06. The van der Waals surface area contributed by atoms with Gasteiger partial charge in [0.2, 0.25) is 0 Å². The van der Waals surface area contributed by atoms with Crippen molar-refractivity contribution >= 4 is 11.6 Å². The molecule has 0 atom stereocenters. The van der Waals surface area contributed by atoms with Crippen LogP contribution in [0.2, 0.25) is 0 Å². The van der Waals surface area contributed by atoms with Gasteiger partial charge >= 0.3 is 0 Å². The smallest absolute Gasteiger partial charge is 0.258 e. The van der Waals surface area contributed by atoms with Crippen LogP contribution in [-0.4, -0.2) is 13.0 Å². The average molecular weight is 258 g/mol. The molecule has 0 radical (unpaired) electrons. The minimum atomic E-state index is -0.425. The maximum Gasteiger partial charge on any atom is 0.258 e. The van der Waals surface area contributed by atoms with E-state index in [0.717, 1.165) is 11.3 Å². The number of rotatable bonds is 3. The van der Waals surface area contributed by atoms with Crippen LogP contribution >= 0.6 is 0 Å². The zero-order valence-corrected chi connectivity index (χ0v) is 10.6. The highest BCUT2D eigenvalue weighted by atomic mass is 19.1. The van der Waals surface area contributed by atoms with Gasteiger partial charge < -0.3 is 10.6 Å². The Morgan fingerprint density at radius 1 is 1.21 bits per heavy atom. The van der Waals surface area contributed by atoms with Crippen LogP contribution in [0.3, 0.4) is 0 Å². The number of hydrogen-bond acceptors (Lipinski definition) is 2. The van der Waals surface area contributed by atoms with Gasteiger partial charge in [-0.3, -0.25) is 4.79 Å². The largest absolute Gasteiger partial charge is 0.326 e. The molecule has 1 amide bonds. The quantitative estimate of drug-likeness (QED) is 0.919. The Balaban J connectivity index is 2.33. The molecular weight excluding hydrogens is 243 g/mol. The summed E-state index contributed by atoms with van der Waals surface area (Å²) in [5.41, 5.74) is 7.57. The Morgan fingerprint density at radius 2 is 1.95 bits per heavy atom. The second kappa shape index (κ2) is 5.63. The molecule has 2 N–H and O–H groups in total. The second-order valence-electron chi connectivity index (χ2n) is 4.21. The summed E-state index contributed by atoms with van der Waals surface area (Å²) >= 11 is 0. The molecule has 98 valence electrons. The first kappa shape index (κ1) is 13.2. The zero-order valence-electron chi connectivity index (χ0n) is 10.6. The monoisotopic (exact) mass is 258 g/mol. The number of halogens is 1. The molecule has 0 aliphatic heterocycles. The minimum absolute atomic E-state index is 0.264. The van der Waals surface area contributed by atoms with E-state index in [9.17, 15) is 9.18 Å². The predicted octanol–water partition coefficient (Wildman–Crippen LogP) is 2.56. The standard InChI is InChI=1S/C15H15FN2O/c1-18(14-8-3-2-5-12(14)10-17)15(19)11-6-4-7-13(16)9-11/h2-9H,10,17H2,1H3. The fraction of sp³-hybridized carbons (Fsp3) is 0.133. The van der Waals surface area contributed by atoms with Crippen LogP contribution in [0.25, 0.3) is 0 Å². The van der Waals surface area contributed by atoms with Crippen molar-refractivity contribution in [1.82, 2.24) is 0 Å². The topological polar surface area (TPSA) is 46.3 Å². The van der Waals surface area contributed by atoms with Crippen molar-refractivity contribution in [2.45, 2.75) is 6.54 Å². The van der Waals surface area contributed by atoms with Gasteiger partial charge in [-0.1, -0.05) is 24.3 Å². The first-order chi connectivity index (χ1) is 9.13. The van der Waals surface area contributed by atoms with Crippen LogP contribution in [0.5, 0.6) is 0 Å². The van der Waals surface area contributed by atoms with Gasteiger partial charge in [0.05, 0.1) is 0 Å². The molecule has 2 aromatic rings. The molecule has 2 rings (SSSR count). The lowest BCUT2D eigenvalue weighted by atomic mass is 10.1. The van der Waals surface area contributed by atoms with Gasteiger partial charge in [0, 0.05) is 24.8 Å². The summed E-state index contributed by atoms with van der Waals surface area (Å²) in [6, 6.07) is 13.0. The van der Waals surface area contributed by atoms with E-state index in [-0.39, 0.29) is 5.91 Å². The van der Waals surface area contributed by atoms with Gasteiger partial charge in [-0.2, -0.15) is 0 Å². The molecule has 0 spiro atoms. The fourth-order valence-corrected chi connectivity index (χ4v) is 1.94. The Kier molecular flexibility index (Phi) is 3.92. The van der Waals surface area contributed by atoms with Crippen LogP contribution in [-0.2, 0) is 6.54 Å². The maximum atomic E-state index is 13.1. The van der Waals surface area contributed by atoms with Gasteiger partial charge in [-0.15, -0.1) is 0 Å². The van der Waals surface area contributed by atoms with Crippen LogP contribution in [0, 0.1) is 5.82 Å². The van der Waals surface area contributed by atoms with Gasteiger partial charge in [-0.25, -0.2) is 4.39 Å². The number of para-hydroxylation sites is 1. The number of nitrogens with two attached hydrogens (primary N) is 1. The van der Waals surface area contributed by atoms with Crippen molar-refractivity contribution < 1.29 is 9.18 Å². The van der Waals surface area contributed by atoms with E-state index in [0.29, 0.717) is 12.1 Å². The van der Waals surface area contributed by atoms with E-state index in [1.54, 1.807) is 13.1 Å². The molecule has 0 unspecified atom stereocenters. The number of carbonyl (C=O) groups excluding carboxylic acids is 1. The summed E-state index contributed by atoms with van der Waals surface area (Å²) in [4.78, 5) is 13.8. The summed E-state index contributed by atoms with van der Waals surface area (Å²) in [5, 5.41) is 0. The van der Waals surface area contributed by atoms with Gasteiger partial charge in [0.25, 0.3) is 5.91 Å². The molecule has 0 aliphatic rings. The Morgan fingerprint density at radius 3 is 2.63 bits per heavy atom. The van der Waals surface area contributed by atoms with Crippen molar-refractivity contribution in [2.75, 3.05) is 11.9 Å². The molecule has 0 fully saturated rings. The van der Waals surface area contributed by atoms with Crippen LogP contribution in [0.1, 0.15) is 15.9 Å². The van der Waals surface area contributed by atoms with Gasteiger partial charge in [-0.05, 0) is 29.8 Å². The van der Waals surface area contributed by atoms with E-state index < -0.39 is 5.82 Å². The fourth-order valence-electron chi connectivity index (χ4n) is 1.94. The Bertz CT molecular complexity index is 598. The molecule has 0 aromatic heterocycles. The van der Waals surface area contributed by atoms with E-state index >= 15 is 0 Å². The molecule has 0 saturated heterocycles. The van der Waals surface area contributed by atoms with Crippen LogP contribution < -0.4 is 10.6 Å². The number of hydrogen-bond donors (Lipinski definition) is 1. The number of anilines is 1. The highest BCUT2D eigenvalue weighted by Crippen LogP contribution is 2.20. The third-order valence-electron chi connectivity index (χ3n) is 2.95. The lowest BCUT2D eigenvalue weighted by Crippen LogP contribution is -2.27. The highest BCUT2D eigenvalue weighted by Gasteiger charge is 2.15. The lowest BCUT2D eigenvalue weighted by Gasteiger charge is -2.20. The minimum Gasteiger partial charge on any atom is -0.326 e. The SMILES string of the molecule is CN(C(=O)c1cccc(F)c1)c1ccccc1CN. The first-order valence-corrected chi connectivity index (χ1v) is 5.95. The molecule has 0 heterocycles. The number of benzene rings is 2. The Hall–Kier alpha value is -2.20. The molecule has 4 heteroatoms. The summed E-state index contributed by atoms with van der Waals surface area (Å²) in [6.07, 6.45) is 0. The van der Waals surface area contributed by atoms with Crippen LogP contribution in [0.4, 0.5) is 10.1 Å². The third kappa shape index (κ3) is 2.80. The van der Waals surface area contributed by atoms with Gasteiger partial charge in [0.15, 0.2) is 0 Å². The maximum absolute atomic E-state index is 13.1. The molecule has 0 bridgehead atoms. The predicted molar refractivity (Wildman–Crippen MR) is 73.5 cm³/mol. The normalized spacial score (nSPS) is 10.3. The van der Waals surface area contributed by atoms with E-state index in [4.69, 9.17) is 5.73 Å². The first-order valence-electron chi connectivity index (χ1n) is 5.95. The molecule has 0 aliphatic carbocycles. The second-order valence-corrected chi connectivity index (χ2v) is 4.21. The van der Waals surface area contributed by atoms with E-state index in [2.05, 4.69) is 0 Å². The molecule has 0 saturated carbocycles. The van der Waals surface area contributed by atoms with Crippen molar-refractivity contribution in [3.8, 4) is 0 Å². The summed E-state index contributed by atoms with van der Waals surface area (Å²) in [5.74, 6) is -0.688. The number of amides is 1. The summed E-state index contributed by atoms with van der Waals surface area (Å²) in [7, 11) is 1.65. The van der Waals surface area contributed by atoms with E-state index in [1.165, 1.54) is 23.1 Å². The molecule has 19 heavy (non-hydrogen) atoms. The Labute approximate surface area is 111 Å². The number of carbonyl (C=O) groups is 1. The van der Waals surface area contributed by atoms with Gasteiger partial charge in [0.1, 0.15) is 5.82 Å². The molecule has 2 aromatic carbocycles. The molecular formula is C15H15FN2O. The lowest BCUT2D eigenvalue weighted by molar-refractivity contribution is 0.0992. The van der Waals surface area contributed by atoms with E-state index in [1.807, 2.05) is 24.3 Å². The summed E-state index contributed by atoms with van der Waals surface area (Å²) in [6.45, 7) is 0.344. The zero-order chi connectivity index (χ0) is 13.8. The summed E-state index contributed by atoms with van der Waals surface area (Å²) < 4.78 is 13.1.